The minimum atomic E-state index is -1.16. The molecule has 0 saturated heterocycles. The van der Waals surface area contributed by atoms with Crippen LogP contribution in [-0.4, -0.2) is 35.2 Å². The van der Waals surface area contributed by atoms with Crippen molar-refractivity contribution in [2.45, 2.75) is 19.1 Å². The Balaban J connectivity index is 1.73. The fourth-order valence-corrected chi connectivity index (χ4v) is 4.37. The van der Waals surface area contributed by atoms with Gasteiger partial charge in [-0.15, -0.1) is 0 Å². The summed E-state index contributed by atoms with van der Waals surface area (Å²) < 4.78 is 25.7. The van der Waals surface area contributed by atoms with Crippen molar-refractivity contribution in [1.29, 1.82) is 0 Å². The number of halogens is 3. The van der Waals surface area contributed by atoms with E-state index in [-0.39, 0.29) is 31.1 Å². The second-order valence-corrected chi connectivity index (χ2v) is 8.51. The normalized spacial score (nSPS) is 14.9. The van der Waals surface area contributed by atoms with Gasteiger partial charge in [-0.2, -0.15) is 0 Å². The molecule has 1 atom stereocenters. The lowest BCUT2D eigenvalue weighted by molar-refractivity contribution is -0.139. The lowest BCUT2D eigenvalue weighted by Crippen LogP contribution is -2.41. The van der Waals surface area contributed by atoms with Crippen molar-refractivity contribution in [3.05, 3.63) is 98.8 Å². The quantitative estimate of drug-likeness (QED) is 0.454. The lowest BCUT2D eigenvalue weighted by Gasteiger charge is -2.37. The molecule has 0 aliphatic carbocycles. The molecule has 1 aliphatic rings. The smallest absolute Gasteiger partial charge is 0.410 e. The maximum Gasteiger partial charge on any atom is 0.410 e. The third kappa shape index (κ3) is 5.11. The molecule has 3 aromatic carbocycles. The number of rotatable bonds is 6. The van der Waals surface area contributed by atoms with Crippen LogP contribution in [-0.2, 0) is 22.6 Å². The molecule has 34 heavy (non-hydrogen) atoms. The van der Waals surface area contributed by atoms with Crippen LogP contribution in [0, 0.1) is 5.82 Å². The van der Waals surface area contributed by atoms with E-state index in [4.69, 9.17) is 37.8 Å². The highest BCUT2D eigenvalue weighted by Crippen LogP contribution is 2.41. The number of carbonyl (C=O) groups is 2. The minimum absolute atomic E-state index is 0.0460. The summed E-state index contributed by atoms with van der Waals surface area (Å²) in [5, 5.41) is 9.89. The Kier molecular flexibility index (Phi) is 7.24. The summed E-state index contributed by atoms with van der Waals surface area (Å²) in [5.74, 6) is -1.33. The molecule has 1 heterocycles. The van der Waals surface area contributed by atoms with Crippen LogP contribution in [0.25, 0.3) is 0 Å². The van der Waals surface area contributed by atoms with E-state index in [2.05, 4.69) is 0 Å². The van der Waals surface area contributed by atoms with Crippen LogP contribution in [0.5, 0.6) is 5.75 Å². The minimum Gasteiger partial charge on any atom is -0.482 e. The number of nitrogens with zero attached hydrogens (tertiary/aromatic N) is 1. The molecule has 1 amide bonds. The van der Waals surface area contributed by atoms with Crippen molar-refractivity contribution >= 4 is 35.3 Å². The first kappa shape index (κ1) is 23.9. The molecule has 0 saturated carbocycles. The van der Waals surface area contributed by atoms with Crippen LogP contribution in [0.4, 0.5) is 9.18 Å². The van der Waals surface area contributed by atoms with Gasteiger partial charge >= 0.3 is 12.1 Å². The third-order valence-corrected chi connectivity index (χ3v) is 6.13. The SMILES string of the molecule is O=C(O)COc1ccc(Cl)cc1C1c2cccc(F)c2CCN1C(=O)OCc1ccccc1Cl. The number of fused-ring (bicyclic) bond motifs is 1. The summed E-state index contributed by atoms with van der Waals surface area (Å²) in [5.41, 5.74) is 2.08. The Morgan fingerprint density at radius 1 is 1.06 bits per heavy atom. The largest absolute Gasteiger partial charge is 0.482 e. The first-order valence-electron chi connectivity index (χ1n) is 10.4. The van der Waals surface area contributed by atoms with E-state index in [1.54, 1.807) is 48.5 Å². The summed E-state index contributed by atoms with van der Waals surface area (Å²) in [6.07, 6.45) is -0.352. The highest BCUT2D eigenvalue weighted by atomic mass is 35.5. The Morgan fingerprint density at radius 2 is 1.85 bits per heavy atom. The van der Waals surface area contributed by atoms with Gasteiger partial charge in [0.25, 0.3) is 0 Å². The number of carboxylic acids is 1. The average molecular weight is 504 g/mol. The van der Waals surface area contributed by atoms with E-state index in [1.165, 1.54) is 17.0 Å². The van der Waals surface area contributed by atoms with E-state index in [0.717, 1.165) is 0 Å². The molecule has 1 aliphatic heterocycles. The van der Waals surface area contributed by atoms with Crippen molar-refractivity contribution in [2.24, 2.45) is 0 Å². The maximum atomic E-state index is 14.7. The molecule has 0 spiro atoms. The summed E-state index contributed by atoms with van der Waals surface area (Å²) in [6.45, 7) is -0.463. The standard InChI is InChI=1S/C25H20Cl2FNO5/c26-16-8-9-22(33-14-23(30)31)19(12-16)24-18-5-3-7-21(28)17(18)10-11-29(24)25(32)34-13-15-4-1-2-6-20(15)27/h1-9,12,24H,10-11,13-14H2,(H,30,31). The van der Waals surface area contributed by atoms with E-state index in [9.17, 15) is 14.0 Å². The highest BCUT2D eigenvalue weighted by molar-refractivity contribution is 6.31. The molecule has 6 nitrogen and oxygen atoms in total. The predicted molar refractivity (Wildman–Crippen MR) is 125 cm³/mol. The van der Waals surface area contributed by atoms with Crippen molar-refractivity contribution in [3.63, 3.8) is 0 Å². The van der Waals surface area contributed by atoms with E-state index in [0.29, 0.717) is 32.3 Å². The summed E-state index contributed by atoms with van der Waals surface area (Å²) in [7, 11) is 0. The number of hydrogen-bond acceptors (Lipinski definition) is 4. The number of amides is 1. The molecule has 0 fully saturated rings. The van der Waals surface area contributed by atoms with Gasteiger partial charge in [0.15, 0.2) is 6.61 Å². The second kappa shape index (κ2) is 10.3. The van der Waals surface area contributed by atoms with Gasteiger partial charge in [0.1, 0.15) is 18.2 Å². The Labute approximate surface area is 205 Å². The predicted octanol–water partition coefficient (Wildman–Crippen LogP) is 5.88. The first-order chi connectivity index (χ1) is 16.3. The van der Waals surface area contributed by atoms with Gasteiger partial charge < -0.3 is 14.6 Å². The molecule has 4 rings (SSSR count). The van der Waals surface area contributed by atoms with Crippen LogP contribution in [0.2, 0.25) is 10.0 Å². The number of carbonyl (C=O) groups excluding carboxylic acids is 1. The fourth-order valence-electron chi connectivity index (χ4n) is 4.00. The van der Waals surface area contributed by atoms with Crippen LogP contribution < -0.4 is 4.74 Å². The monoisotopic (exact) mass is 503 g/mol. The zero-order valence-electron chi connectivity index (χ0n) is 17.8. The Bertz CT molecular complexity index is 1240. The molecule has 0 radical (unpaired) electrons. The molecule has 176 valence electrons. The van der Waals surface area contributed by atoms with Crippen molar-refractivity contribution in [1.82, 2.24) is 4.90 Å². The first-order valence-corrected chi connectivity index (χ1v) is 11.2. The van der Waals surface area contributed by atoms with Crippen LogP contribution in [0.1, 0.15) is 28.3 Å². The molecular weight excluding hydrogens is 484 g/mol. The molecule has 1 unspecified atom stereocenters. The zero-order chi connectivity index (χ0) is 24.2. The zero-order valence-corrected chi connectivity index (χ0v) is 19.4. The van der Waals surface area contributed by atoms with Gasteiger partial charge in [-0.3, -0.25) is 4.90 Å². The fraction of sp³-hybridized carbons (Fsp3) is 0.200. The van der Waals surface area contributed by atoms with Crippen LogP contribution in [0.15, 0.2) is 60.7 Å². The third-order valence-electron chi connectivity index (χ3n) is 5.53. The second-order valence-electron chi connectivity index (χ2n) is 7.66. The Hall–Kier alpha value is -3.29. The van der Waals surface area contributed by atoms with Crippen molar-refractivity contribution in [2.75, 3.05) is 13.2 Å². The number of benzene rings is 3. The molecule has 9 heteroatoms. The summed E-state index contributed by atoms with van der Waals surface area (Å²) >= 11 is 12.4. The molecule has 3 aromatic rings. The van der Waals surface area contributed by atoms with E-state index >= 15 is 0 Å². The van der Waals surface area contributed by atoms with Gasteiger partial charge in [0.2, 0.25) is 0 Å². The molecular formula is C25H20Cl2FNO5. The topological polar surface area (TPSA) is 76.1 Å². The van der Waals surface area contributed by atoms with Crippen molar-refractivity contribution in [3.8, 4) is 5.75 Å². The number of hydrogen-bond donors (Lipinski definition) is 1. The van der Waals surface area contributed by atoms with Crippen LogP contribution >= 0.6 is 23.2 Å². The van der Waals surface area contributed by atoms with Gasteiger partial charge in [-0.1, -0.05) is 53.5 Å². The van der Waals surface area contributed by atoms with Gasteiger partial charge in [-0.25, -0.2) is 14.0 Å². The molecule has 0 aromatic heterocycles. The maximum absolute atomic E-state index is 14.7. The number of aliphatic carboxylic acids is 1. The van der Waals surface area contributed by atoms with Gasteiger partial charge in [0.05, 0.1) is 6.04 Å². The average Bonchev–Trinajstić information content (AvgIpc) is 2.82. The summed E-state index contributed by atoms with van der Waals surface area (Å²) in [4.78, 5) is 25.8. The highest BCUT2D eigenvalue weighted by Gasteiger charge is 2.36. The van der Waals surface area contributed by atoms with E-state index < -0.39 is 24.7 Å². The molecule has 1 N–H and O–H groups in total. The van der Waals surface area contributed by atoms with Crippen LogP contribution in [0.3, 0.4) is 0 Å². The van der Waals surface area contributed by atoms with Gasteiger partial charge in [-0.05, 0) is 47.9 Å². The number of ether oxygens (including phenoxy) is 2. The summed E-state index contributed by atoms with van der Waals surface area (Å²) in [6, 6.07) is 15.5. The number of carboxylic acid groups (broad SMARTS) is 1. The van der Waals surface area contributed by atoms with E-state index in [1.807, 2.05) is 0 Å². The lowest BCUT2D eigenvalue weighted by atomic mass is 9.87. The van der Waals surface area contributed by atoms with Gasteiger partial charge in [0, 0.05) is 27.7 Å². The molecule has 0 bridgehead atoms. The Morgan fingerprint density at radius 3 is 2.62 bits per heavy atom. The van der Waals surface area contributed by atoms with Crippen molar-refractivity contribution < 1.29 is 28.6 Å².